The Bertz CT molecular complexity index is 314. The van der Waals surface area contributed by atoms with Crippen LogP contribution in [-0.2, 0) is 17.8 Å². The topological polar surface area (TPSA) is 42.3 Å². The summed E-state index contributed by atoms with van der Waals surface area (Å²) in [5.41, 5.74) is 1.25. The molecule has 0 aliphatic heterocycles. The molecule has 0 aliphatic carbocycles. The number of imidazole rings is 1. The van der Waals surface area contributed by atoms with Crippen LogP contribution < -0.4 is 5.32 Å². The highest BCUT2D eigenvalue weighted by Crippen LogP contribution is 1.99. The Labute approximate surface area is 110 Å². The molecule has 0 aromatic carbocycles. The van der Waals surface area contributed by atoms with E-state index in [9.17, 15) is 0 Å². The Morgan fingerprint density at radius 3 is 3.00 bits per heavy atom. The van der Waals surface area contributed by atoms with Gasteiger partial charge in [-0.15, -0.1) is 0 Å². The minimum Gasteiger partial charge on any atom is -0.383 e. The second-order valence-corrected chi connectivity index (χ2v) is 4.55. The van der Waals surface area contributed by atoms with E-state index in [1.807, 2.05) is 12.5 Å². The predicted octanol–water partition coefficient (Wildman–Crippen LogP) is 0.961. The largest absolute Gasteiger partial charge is 0.383 e. The third-order valence-corrected chi connectivity index (χ3v) is 2.93. The molecule has 1 aromatic heterocycles. The second kappa shape index (κ2) is 9.08. The monoisotopic (exact) mass is 254 g/mol. The van der Waals surface area contributed by atoms with Gasteiger partial charge in [0, 0.05) is 39.5 Å². The minimum absolute atomic E-state index is 0.783. The van der Waals surface area contributed by atoms with E-state index in [0.29, 0.717) is 0 Å². The Morgan fingerprint density at radius 1 is 1.44 bits per heavy atom. The zero-order valence-electron chi connectivity index (χ0n) is 11.9. The molecule has 1 aromatic rings. The molecule has 0 amide bonds. The molecule has 1 rings (SSSR count). The molecule has 0 bridgehead atoms. The van der Waals surface area contributed by atoms with Crippen molar-refractivity contribution in [1.82, 2.24) is 19.8 Å². The number of hydrogen-bond acceptors (Lipinski definition) is 4. The Hall–Kier alpha value is -0.910. The van der Waals surface area contributed by atoms with Gasteiger partial charge < -0.3 is 19.5 Å². The summed E-state index contributed by atoms with van der Waals surface area (Å²) in [4.78, 5) is 6.49. The molecular weight excluding hydrogens is 228 g/mol. The Kier molecular flexibility index (Phi) is 7.64. The molecule has 18 heavy (non-hydrogen) atoms. The summed E-state index contributed by atoms with van der Waals surface area (Å²) in [6.07, 6.45) is 5.01. The quantitative estimate of drug-likeness (QED) is 0.632. The van der Waals surface area contributed by atoms with Gasteiger partial charge in [0.05, 0.1) is 18.6 Å². The van der Waals surface area contributed by atoms with Crippen molar-refractivity contribution in [2.75, 3.05) is 40.4 Å². The fraction of sp³-hybridized carbons (Fsp3) is 0.769. The van der Waals surface area contributed by atoms with Gasteiger partial charge in [-0.3, -0.25) is 0 Å². The smallest absolute Gasteiger partial charge is 0.0949 e. The SMILES string of the molecule is CCCNCc1cncn1CCN(C)CCOC. The van der Waals surface area contributed by atoms with Gasteiger partial charge in [0.1, 0.15) is 0 Å². The summed E-state index contributed by atoms with van der Waals surface area (Å²) in [5.74, 6) is 0. The van der Waals surface area contributed by atoms with Crippen LogP contribution >= 0.6 is 0 Å². The lowest BCUT2D eigenvalue weighted by atomic mass is 10.4. The highest BCUT2D eigenvalue weighted by molar-refractivity contribution is 4.97. The van der Waals surface area contributed by atoms with Gasteiger partial charge >= 0.3 is 0 Å². The second-order valence-electron chi connectivity index (χ2n) is 4.55. The van der Waals surface area contributed by atoms with Gasteiger partial charge in [0.25, 0.3) is 0 Å². The van der Waals surface area contributed by atoms with Gasteiger partial charge in [0.2, 0.25) is 0 Å². The Balaban J connectivity index is 2.30. The van der Waals surface area contributed by atoms with Crippen LogP contribution in [0.2, 0.25) is 0 Å². The van der Waals surface area contributed by atoms with E-state index in [4.69, 9.17) is 4.74 Å². The van der Waals surface area contributed by atoms with Gasteiger partial charge in [-0.05, 0) is 20.0 Å². The number of likely N-dealkylation sites (N-methyl/N-ethyl adjacent to an activating group) is 1. The van der Waals surface area contributed by atoms with Crippen LogP contribution in [0.1, 0.15) is 19.0 Å². The maximum atomic E-state index is 5.07. The number of rotatable bonds is 10. The molecular formula is C13H26N4O. The maximum Gasteiger partial charge on any atom is 0.0949 e. The molecule has 0 radical (unpaired) electrons. The number of methoxy groups -OCH3 is 1. The normalized spacial score (nSPS) is 11.3. The molecule has 0 aliphatic rings. The first-order valence-electron chi connectivity index (χ1n) is 6.65. The lowest BCUT2D eigenvalue weighted by Gasteiger charge is -2.17. The first-order valence-corrected chi connectivity index (χ1v) is 6.65. The number of hydrogen-bond donors (Lipinski definition) is 1. The molecule has 0 spiro atoms. The molecule has 0 unspecified atom stereocenters. The standard InChI is InChI=1S/C13H26N4O/c1-4-5-14-10-13-11-15-12-17(13)7-6-16(2)8-9-18-3/h11-12,14H,4-10H2,1-3H3. The van der Waals surface area contributed by atoms with Crippen molar-refractivity contribution in [3.63, 3.8) is 0 Å². The maximum absolute atomic E-state index is 5.07. The lowest BCUT2D eigenvalue weighted by molar-refractivity contribution is 0.159. The van der Waals surface area contributed by atoms with E-state index in [1.54, 1.807) is 7.11 Å². The van der Waals surface area contributed by atoms with Gasteiger partial charge in [-0.25, -0.2) is 4.98 Å². The van der Waals surface area contributed by atoms with E-state index in [0.717, 1.165) is 45.8 Å². The molecule has 1 N–H and O–H groups in total. The third-order valence-electron chi connectivity index (χ3n) is 2.93. The summed E-state index contributed by atoms with van der Waals surface area (Å²) in [5, 5.41) is 3.41. The summed E-state index contributed by atoms with van der Waals surface area (Å²) in [6.45, 7) is 7.87. The fourth-order valence-corrected chi connectivity index (χ4v) is 1.73. The van der Waals surface area contributed by atoms with Gasteiger partial charge in [-0.2, -0.15) is 0 Å². The van der Waals surface area contributed by atoms with Crippen LogP contribution in [-0.4, -0.2) is 54.8 Å². The zero-order valence-corrected chi connectivity index (χ0v) is 11.9. The molecule has 0 saturated heterocycles. The predicted molar refractivity (Wildman–Crippen MR) is 73.6 cm³/mol. The zero-order chi connectivity index (χ0) is 13.2. The van der Waals surface area contributed by atoms with Crippen molar-refractivity contribution >= 4 is 0 Å². The minimum atomic E-state index is 0.783. The fourth-order valence-electron chi connectivity index (χ4n) is 1.73. The van der Waals surface area contributed by atoms with Crippen molar-refractivity contribution in [1.29, 1.82) is 0 Å². The number of nitrogens with zero attached hydrogens (tertiary/aromatic N) is 3. The molecule has 5 nitrogen and oxygen atoms in total. The summed E-state index contributed by atoms with van der Waals surface area (Å²) in [7, 11) is 3.85. The number of ether oxygens (including phenoxy) is 1. The molecule has 104 valence electrons. The molecule has 0 saturated carbocycles. The van der Waals surface area contributed by atoms with Crippen LogP contribution in [0.3, 0.4) is 0 Å². The number of aromatic nitrogens is 2. The van der Waals surface area contributed by atoms with Crippen molar-refractivity contribution in [3.05, 3.63) is 18.2 Å². The first-order chi connectivity index (χ1) is 8.77. The molecule has 1 heterocycles. The summed E-state index contributed by atoms with van der Waals surface area (Å²) >= 11 is 0. The average Bonchev–Trinajstić information content (AvgIpc) is 2.82. The van der Waals surface area contributed by atoms with E-state index in [1.165, 1.54) is 5.69 Å². The lowest BCUT2D eigenvalue weighted by Crippen LogP contribution is -2.27. The van der Waals surface area contributed by atoms with Crippen LogP contribution in [0.5, 0.6) is 0 Å². The van der Waals surface area contributed by atoms with Crippen LogP contribution in [0.15, 0.2) is 12.5 Å². The highest BCUT2D eigenvalue weighted by Gasteiger charge is 2.03. The molecule has 0 fully saturated rings. The molecule has 0 atom stereocenters. The van der Waals surface area contributed by atoms with Gasteiger partial charge in [0.15, 0.2) is 0 Å². The van der Waals surface area contributed by atoms with Crippen LogP contribution in [0.4, 0.5) is 0 Å². The molecule has 5 heteroatoms. The van der Waals surface area contributed by atoms with Crippen molar-refractivity contribution in [3.8, 4) is 0 Å². The highest BCUT2D eigenvalue weighted by atomic mass is 16.5. The summed E-state index contributed by atoms with van der Waals surface area (Å²) < 4.78 is 7.28. The summed E-state index contributed by atoms with van der Waals surface area (Å²) in [6, 6.07) is 0. The van der Waals surface area contributed by atoms with Crippen LogP contribution in [0.25, 0.3) is 0 Å². The van der Waals surface area contributed by atoms with Gasteiger partial charge in [-0.1, -0.05) is 6.92 Å². The number of nitrogens with one attached hydrogen (secondary N) is 1. The first kappa shape index (κ1) is 15.1. The van der Waals surface area contributed by atoms with E-state index in [-0.39, 0.29) is 0 Å². The van der Waals surface area contributed by atoms with E-state index >= 15 is 0 Å². The Morgan fingerprint density at radius 2 is 2.28 bits per heavy atom. The van der Waals surface area contributed by atoms with Crippen molar-refractivity contribution in [2.24, 2.45) is 0 Å². The van der Waals surface area contributed by atoms with E-state index in [2.05, 4.69) is 33.7 Å². The van der Waals surface area contributed by atoms with Crippen molar-refractivity contribution in [2.45, 2.75) is 26.4 Å². The van der Waals surface area contributed by atoms with Crippen LogP contribution in [0, 0.1) is 0 Å². The van der Waals surface area contributed by atoms with Crippen molar-refractivity contribution < 1.29 is 4.74 Å². The average molecular weight is 254 g/mol. The third kappa shape index (κ3) is 5.62. The van der Waals surface area contributed by atoms with E-state index < -0.39 is 0 Å².